The van der Waals surface area contributed by atoms with Crippen molar-refractivity contribution in [1.29, 1.82) is 0 Å². The van der Waals surface area contributed by atoms with E-state index in [9.17, 15) is 17.6 Å². The highest BCUT2D eigenvalue weighted by molar-refractivity contribution is 9.10. The van der Waals surface area contributed by atoms with Gasteiger partial charge < -0.3 is 9.47 Å². The van der Waals surface area contributed by atoms with Crippen LogP contribution in [0.15, 0.2) is 33.2 Å². The van der Waals surface area contributed by atoms with Crippen LogP contribution in [0.25, 0.3) is 0 Å². The second kappa shape index (κ2) is 8.40. The van der Waals surface area contributed by atoms with Gasteiger partial charge in [-0.1, -0.05) is 0 Å². The summed E-state index contributed by atoms with van der Waals surface area (Å²) in [5, 5.41) is 0. The third-order valence-electron chi connectivity index (χ3n) is 3.27. The van der Waals surface area contributed by atoms with Crippen LogP contribution >= 0.6 is 31.9 Å². The maximum Gasteiger partial charge on any atom is 0.162 e. The fraction of sp³-hybridized carbons (Fsp3) is 0.294. The smallest absolute Gasteiger partial charge is 0.162 e. The van der Waals surface area contributed by atoms with Gasteiger partial charge in [0.2, 0.25) is 0 Å². The van der Waals surface area contributed by atoms with Gasteiger partial charge in [0.1, 0.15) is 11.5 Å². The molecule has 0 saturated heterocycles. The third kappa shape index (κ3) is 5.34. The fourth-order valence-corrected chi connectivity index (χ4v) is 3.00. The Balaban J connectivity index is 2.00. The van der Waals surface area contributed by atoms with Crippen LogP contribution in [0, 0.1) is 23.3 Å². The largest absolute Gasteiger partial charge is 0.489 e. The van der Waals surface area contributed by atoms with Crippen molar-refractivity contribution in [1.82, 2.24) is 0 Å². The van der Waals surface area contributed by atoms with E-state index >= 15 is 0 Å². The molecule has 0 N–H and O–H groups in total. The van der Waals surface area contributed by atoms with Gasteiger partial charge in [-0.25, -0.2) is 17.6 Å². The zero-order chi connectivity index (χ0) is 18.7. The third-order valence-corrected chi connectivity index (χ3v) is 4.51. The minimum Gasteiger partial charge on any atom is -0.489 e. The first kappa shape index (κ1) is 20.0. The Bertz CT molecular complexity index is 707. The number of ether oxygens (including phenoxy) is 2. The van der Waals surface area contributed by atoms with E-state index in [-0.39, 0.29) is 20.4 Å². The van der Waals surface area contributed by atoms with Gasteiger partial charge in [0.25, 0.3) is 0 Å². The SMILES string of the molecule is C[C@H](C[C@H](C)Oc1cc(F)c(F)cc1Br)Oc1cc(F)c(F)cc1Br. The molecule has 0 spiro atoms. The summed E-state index contributed by atoms with van der Waals surface area (Å²) in [7, 11) is 0. The standard InChI is InChI=1S/C17H14Br2F4O2/c1-8(24-16-6-14(22)12(20)4-10(16)18)3-9(2)25-17-7-15(23)13(21)5-11(17)19/h4-9H,3H2,1-2H3/t8-,9+. The molecule has 0 aliphatic rings. The average Bonchev–Trinajstić information content (AvgIpc) is 2.50. The molecule has 2 aromatic rings. The summed E-state index contributed by atoms with van der Waals surface area (Å²) in [5.41, 5.74) is 0. The summed E-state index contributed by atoms with van der Waals surface area (Å²) in [6, 6.07) is 3.87. The molecule has 0 unspecified atom stereocenters. The van der Waals surface area contributed by atoms with E-state index < -0.39 is 35.5 Å². The number of halogens is 6. The zero-order valence-electron chi connectivity index (χ0n) is 13.3. The van der Waals surface area contributed by atoms with Crippen molar-refractivity contribution in [2.75, 3.05) is 0 Å². The highest BCUT2D eigenvalue weighted by Crippen LogP contribution is 2.31. The van der Waals surface area contributed by atoms with Gasteiger partial charge in [0.15, 0.2) is 23.3 Å². The maximum absolute atomic E-state index is 13.3. The first-order chi connectivity index (χ1) is 11.7. The molecule has 0 bridgehead atoms. The second-order valence-electron chi connectivity index (χ2n) is 5.49. The quantitative estimate of drug-likeness (QED) is 0.348. The maximum atomic E-state index is 13.3. The van der Waals surface area contributed by atoms with Crippen molar-refractivity contribution in [3.8, 4) is 11.5 Å². The summed E-state index contributed by atoms with van der Waals surface area (Å²) in [4.78, 5) is 0. The molecule has 0 amide bonds. The second-order valence-corrected chi connectivity index (χ2v) is 7.19. The highest BCUT2D eigenvalue weighted by atomic mass is 79.9. The van der Waals surface area contributed by atoms with Crippen molar-refractivity contribution in [3.05, 3.63) is 56.5 Å². The van der Waals surface area contributed by atoms with E-state index in [1.807, 2.05) is 0 Å². The minimum atomic E-state index is -1.01. The Morgan fingerprint density at radius 3 is 1.40 bits per heavy atom. The van der Waals surface area contributed by atoms with Crippen molar-refractivity contribution < 1.29 is 27.0 Å². The van der Waals surface area contributed by atoms with Crippen LogP contribution in [-0.2, 0) is 0 Å². The lowest BCUT2D eigenvalue weighted by atomic mass is 10.2. The molecule has 0 fully saturated rings. The predicted molar refractivity (Wildman–Crippen MR) is 92.9 cm³/mol. The average molecular weight is 486 g/mol. The van der Waals surface area contributed by atoms with E-state index in [0.717, 1.165) is 24.3 Å². The predicted octanol–water partition coefficient (Wildman–Crippen LogP) is 6.39. The van der Waals surface area contributed by atoms with Crippen LogP contribution in [0.5, 0.6) is 11.5 Å². The van der Waals surface area contributed by atoms with Crippen molar-refractivity contribution in [3.63, 3.8) is 0 Å². The Labute approximate surface area is 159 Å². The summed E-state index contributed by atoms with van der Waals surface area (Å²) in [6.07, 6.45) is -0.433. The van der Waals surface area contributed by atoms with Gasteiger partial charge in [-0.3, -0.25) is 0 Å². The molecule has 0 saturated carbocycles. The lowest BCUT2D eigenvalue weighted by Crippen LogP contribution is -2.23. The molecule has 8 heteroatoms. The van der Waals surface area contributed by atoms with Crippen LogP contribution in [0.4, 0.5) is 17.6 Å². The van der Waals surface area contributed by atoms with Gasteiger partial charge in [-0.15, -0.1) is 0 Å². The molecule has 2 atom stereocenters. The van der Waals surface area contributed by atoms with E-state index in [2.05, 4.69) is 31.9 Å². The molecule has 0 aliphatic heterocycles. The topological polar surface area (TPSA) is 18.5 Å². The Morgan fingerprint density at radius 2 is 1.04 bits per heavy atom. The number of hydrogen-bond donors (Lipinski definition) is 0. The molecule has 0 aliphatic carbocycles. The van der Waals surface area contributed by atoms with Crippen molar-refractivity contribution >= 4 is 31.9 Å². The lowest BCUT2D eigenvalue weighted by molar-refractivity contribution is 0.129. The number of rotatable bonds is 6. The monoisotopic (exact) mass is 484 g/mol. The first-order valence-electron chi connectivity index (χ1n) is 7.29. The minimum absolute atomic E-state index is 0.160. The van der Waals surface area contributed by atoms with E-state index in [1.54, 1.807) is 13.8 Å². The summed E-state index contributed by atoms with van der Waals surface area (Å²) in [5.74, 6) is -3.67. The molecule has 136 valence electrons. The fourth-order valence-electron chi connectivity index (χ4n) is 2.19. The molecule has 0 radical (unpaired) electrons. The van der Waals surface area contributed by atoms with Gasteiger partial charge in [-0.2, -0.15) is 0 Å². The summed E-state index contributed by atoms with van der Waals surface area (Å²) >= 11 is 6.22. The van der Waals surface area contributed by atoms with Gasteiger partial charge >= 0.3 is 0 Å². The molecular formula is C17H14Br2F4O2. The number of benzene rings is 2. The highest BCUT2D eigenvalue weighted by Gasteiger charge is 2.17. The van der Waals surface area contributed by atoms with E-state index in [1.165, 1.54) is 0 Å². The van der Waals surface area contributed by atoms with Crippen LogP contribution in [0.1, 0.15) is 20.3 Å². The van der Waals surface area contributed by atoms with Crippen molar-refractivity contribution in [2.45, 2.75) is 32.5 Å². The summed E-state index contributed by atoms with van der Waals surface area (Å²) in [6.45, 7) is 3.46. The zero-order valence-corrected chi connectivity index (χ0v) is 16.4. The van der Waals surface area contributed by atoms with Crippen LogP contribution in [0.3, 0.4) is 0 Å². The van der Waals surface area contributed by atoms with Crippen LogP contribution in [-0.4, -0.2) is 12.2 Å². The van der Waals surface area contributed by atoms with E-state index in [4.69, 9.17) is 9.47 Å². The first-order valence-corrected chi connectivity index (χ1v) is 8.88. The van der Waals surface area contributed by atoms with E-state index in [0.29, 0.717) is 6.42 Å². The van der Waals surface area contributed by atoms with Gasteiger partial charge in [-0.05, 0) is 57.8 Å². The molecule has 0 heterocycles. The van der Waals surface area contributed by atoms with Gasteiger partial charge in [0.05, 0.1) is 21.2 Å². The Hall–Kier alpha value is -1.28. The molecule has 2 aromatic carbocycles. The van der Waals surface area contributed by atoms with Crippen molar-refractivity contribution in [2.24, 2.45) is 0 Å². The molecule has 25 heavy (non-hydrogen) atoms. The molecule has 2 rings (SSSR count). The van der Waals surface area contributed by atoms with Crippen LogP contribution < -0.4 is 9.47 Å². The molecule has 2 nitrogen and oxygen atoms in total. The number of hydrogen-bond acceptors (Lipinski definition) is 2. The molecular weight excluding hydrogens is 472 g/mol. The van der Waals surface area contributed by atoms with Crippen LogP contribution in [0.2, 0.25) is 0 Å². The lowest BCUT2D eigenvalue weighted by Gasteiger charge is -2.21. The summed E-state index contributed by atoms with van der Waals surface area (Å²) < 4.78 is 64.6. The molecule has 0 aromatic heterocycles. The normalized spacial score (nSPS) is 13.4. The van der Waals surface area contributed by atoms with Gasteiger partial charge in [0, 0.05) is 18.6 Å². The Kier molecular flexibility index (Phi) is 6.73. The Morgan fingerprint density at radius 1 is 0.720 bits per heavy atom.